The largest absolute Gasteiger partial charge is 0.392 e. The number of aliphatic hydroxyl groups is 1. The predicted molar refractivity (Wildman–Crippen MR) is 65.6 cm³/mol. The zero-order valence-corrected chi connectivity index (χ0v) is 10.6. The van der Waals surface area contributed by atoms with Gasteiger partial charge in [-0.05, 0) is 37.3 Å². The van der Waals surface area contributed by atoms with Gasteiger partial charge in [-0.2, -0.15) is 0 Å². The normalized spacial score (nSPS) is 24.8. The van der Waals surface area contributed by atoms with Gasteiger partial charge in [0.05, 0.1) is 6.10 Å². The first-order valence-electron chi connectivity index (χ1n) is 6.44. The summed E-state index contributed by atoms with van der Waals surface area (Å²) in [5.41, 5.74) is 1.80. The van der Waals surface area contributed by atoms with Crippen molar-refractivity contribution in [1.82, 2.24) is 4.98 Å². The monoisotopic (exact) mass is 255 g/mol. The molecule has 2 nitrogen and oxygen atoms in total. The molecule has 1 saturated carbocycles. The predicted octanol–water partition coefficient (Wildman–Crippen LogP) is 3.12. The molecule has 1 aromatic rings. The summed E-state index contributed by atoms with van der Waals surface area (Å²) in [7, 11) is 0. The summed E-state index contributed by atoms with van der Waals surface area (Å²) in [6.07, 6.45) is 2.26. The van der Waals surface area contributed by atoms with Gasteiger partial charge in [0.1, 0.15) is 0 Å². The van der Waals surface area contributed by atoms with E-state index in [1.54, 1.807) is 6.20 Å². The Labute approximate surface area is 106 Å². The number of nitrogens with zero attached hydrogens (tertiary/aromatic N) is 1. The number of pyridine rings is 1. The first-order valence-corrected chi connectivity index (χ1v) is 6.44. The fraction of sp³-hybridized carbons (Fsp3) is 0.643. The van der Waals surface area contributed by atoms with Crippen LogP contribution in [0, 0.1) is 12.8 Å². The van der Waals surface area contributed by atoms with E-state index in [2.05, 4.69) is 4.98 Å². The second-order valence-electron chi connectivity index (χ2n) is 5.25. The zero-order valence-electron chi connectivity index (χ0n) is 10.6. The number of aryl methyl sites for hydroxylation is 1. The second-order valence-corrected chi connectivity index (χ2v) is 5.25. The van der Waals surface area contributed by atoms with Gasteiger partial charge in [0, 0.05) is 31.2 Å². The summed E-state index contributed by atoms with van der Waals surface area (Å²) in [5.74, 6) is -2.92. The quantitative estimate of drug-likeness (QED) is 0.900. The van der Waals surface area contributed by atoms with Gasteiger partial charge < -0.3 is 5.11 Å². The molecule has 2 unspecified atom stereocenters. The smallest absolute Gasteiger partial charge is 0.248 e. The summed E-state index contributed by atoms with van der Waals surface area (Å²) in [6.45, 7) is 1.92. The molecule has 1 N–H and O–H groups in total. The minimum atomic E-state index is -2.61. The average Bonchev–Trinajstić information content (AvgIpc) is 2.31. The van der Waals surface area contributed by atoms with Gasteiger partial charge in [-0.25, -0.2) is 8.78 Å². The van der Waals surface area contributed by atoms with Crippen LogP contribution in [0.15, 0.2) is 18.3 Å². The standard InChI is InChI=1S/C14H19F2NO/c1-10-4-3-7-17-12(10)8-13(18)11-5-2-6-14(15,16)9-11/h3-4,7,11,13,18H,2,5-6,8-9H2,1H3. The van der Waals surface area contributed by atoms with Gasteiger partial charge in [0.2, 0.25) is 5.92 Å². The highest BCUT2D eigenvalue weighted by molar-refractivity contribution is 5.18. The molecule has 1 aliphatic carbocycles. The number of hydrogen-bond donors (Lipinski definition) is 1. The van der Waals surface area contributed by atoms with E-state index < -0.39 is 12.0 Å². The van der Waals surface area contributed by atoms with E-state index in [0.717, 1.165) is 11.3 Å². The lowest BCUT2D eigenvalue weighted by Gasteiger charge is -2.32. The van der Waals surface area contributed by atoms with Crippen molar-refractivity contribution in [2.24, 2.45) is 5.92 Å². The summed E-state index contributed by atoms with van der Waals surface area (Å²) < 4.78 is 26.6. The molecular formula is C14H19F2NO. The molecule has 0 radical (unpaired) electrons. The lowest BCUT2D eigenvalue weighted by atomic mass is 9.81. The van der Waals surface area contributed by atoms with Crippen molar-refractivity contribution in [2.45, 2.75) is 51.1 Å². The van der Waals surface area contributed by atoms with Crippen molar-refractivity contribution in [3.63, 3.8) is 0 Å². The molecule has 1 heterocycles. The highest BCUT2D eigenvalue weighted by atomic mass is 19.3. The lowest BCUT2D eigenvalue weighted by molar-refractivity contribution is -0.0753. The minimum absolute atomic E-state index is 0.0428. The van der Waals surface area contributed by atoms with Gasteiger partial charge in [0.15, 0.2) is 0 Å². The van der Waals surface area contributed by atoms with Gasteiger partial charge >= 0.3 is 0 Å². The Bertz CT molecular complexity index is 409. The van der Waals surface area contributed by atoms with Crippen LogP contribution in [-0.4, -0.2) is 22.1 Å². The van der Waals surface area contributed by atoms with E-state index in [-0.39, 0.29) is 18.8 Å². The SMILES string of the molecule is Cc1cccnc1CC(O)C1CCCC(F)(F)C1. The van der Waals surface area contributed by atoms with Crippen LogP contribution < -0.4 is 0 Å². The Hall–Kier alpha value is -1.03. The zero-order chi connectivity index (χ0) is 13.2. The third-order valence-corrected chi connectivity index (χ3v) is 3.74. The molecule has 1 fully saturated rings. The number of aliphatic hydroxyl groups excluding tert-OH is 1. The van der Waals surface area contributed by atoms with Crippen molar-refractivity contribution in [2.75, 3.05) is 0 Å². The van der Waals surface area contributed by atoms with Crippen molar-refractivity contribution in [1.29, 1.82) is 0 Å². The Morgan fingerprint density at radius 1 is 1.56 bits per heavy atom. The van der Waals surface area contributed by atoms with Crippen molar-refractivity contribution in [3.8, 4) is 0 Å². The molecule has 2 rings (SSSR count). The maximum Gasteiger partial charge on any atom is 0.248 e. The summed E-state index contributed by atoms with van der Waals surface area (Å²) in [4.78, 5) is 4.20. The number of aromatic nitrogens is 1. The fourth-order valence-electron chi connectivity index (χ4n) is 2.64. The van der Waals surface area contributed by atoms with Crippen LogP contribution in [0.5, 0.6) is 0 Å². The van der Waals surface area contributed by atoms with E-state index in [1.807, 2.05) is 19.1 Å². The summed E-state index contributed by atoms with van der Waals surface area (Å²) in [6, 6.07) is 3.75. The van der Waals surface area contributed by atoms with E-state index in [4.69, 9.17) is 0 Å². The van der Waals surface area contributed by atoms with Crippen LogP contribution in [-0.2, 0) is 6.42 Å². The molecule has 0 aromatic carbocycles. The van der Waals surface area contributed by atoms with E-state index in [9.17, 15) is 13.9 Å². The van der Waals surface area contributed by atoms with Crippen molar-refractivity contribution >= 4 is 0 Å². The number of hydrogen-bond acceptors (Lipinski definition) is 2. The van der Waals surface area contributed by atoms with E-state index in [0.29, 0.717) is 19.3 Å². The maximum atomic E-state index is 13.3. The van der Waals surface area contributed by atoms with Gasteiger partial charge in [-0.1, -0.05) is 6.07 Å². The Morgan fingerprint density at radius 3 is 3.00 bits per heavy atom. The molecule has 0 saturated heterocycles. The molecule has 18 heavy (non-hydrogen) atoms. The Balaban J connectivity index is 2.00. The molecule has 1 aliphatic rings. The van der Waals surface area contributed by atoms with Crippen molar-refractivity contribution < 1.29 is 13.9 Å². The molecule has 1 aromatic heterocycles. The first-order chi connectivity index (χ1) is 8.48. The first kappa shape index (κ1) is 13.4. The van der Waals surface area contributed by atoms with Crippen LogP contribution in [0.3, 0.4) is 0 Å². The average molecular weight is 255 g/mol. The van der Waals surface area contributed by atoms with Crippen LogP contribution in [0.2, 0.25) is 0 Å². The Kier molecular flexibility index (Phi) is 3.95. The number of rotatable bonds is 3. The summed E-state index contributed by atoms with van der Waals surface area (Å²) in [5, 5.41) is 10.1. The molecule has 2 atom stereocenters. The van der Waals surface area contributed by atoms with Crippen LogP contribution in [0.25, 0.3) is 0 Å². The fourth-order valence-corrected chi connectivity index (χ4v) is 2.64. The van der Waals surface area contributed by atoms with Gasteiger partial charge in [0.25, 0.3) is 0 Å². The highest BCUT2D eigenvalue weighted by Crippen LogP contribution is 2.38. The number of halogens is 2. The highest BCUT2D eigenvalue weighted by Gasteiger charge is 2.38. The van der Waals surface area contributed by atoms with Crippen LogP contribution >= 0.6 is 0 Å². The third kappa shape index (κ3) is 3.25. The molecule has 0 bridgehead atoms. The molecule has 0 aliphatic heterocycles. The Morgan fingerprint density at radius 2 is 2.33 bits per heavy atom. The number of alkyl halides is 2. The van der Waals surface area contributed by atoms with E-state index >= 15 is 0 Å². The van der Waals surface area contributed by atoms with Crippen LogP contribution in [0.1, 0.15) is 36.9 Å². The molecular weight excluding hydrogens is 236 g/mol. The van der Waals surface area contributed by atoms with E-state index in [1.165, 1.54) is 0 Å². The lowest BCUT2D eigenvalue weighted by Crippen LogP contribution is -2.34. The van der Waals surface area contributed by atoms with Gasteiger partial charge in [-0.15, -0.1) is 0 Å². The van der Waals surface area contributed by atoms with Crippen LogP contribution in [0.4, 0.5) is 8.78 Å². The minimum Gasteiger partial charge on any atom is -0.392 e. The molecule has 4 heteroatoms. The third-order valence-electron chi connectivity index (χ3n) is 3.74. The topological polar surface area (TPSA) is 33.1 Å². The van der Waals surface area contributed by atoms with Gasteiger partial charge in [-0.3, -0.25) is 4.98 Å². The maximum absolute atomic E-state index is 13.3. The molecule has 0 amide bonds. The molecule has 100 valence electrons. The van der Waals surface area contributed by atoms with Crippen molar-refractivity contribution in [3.05, 3.63) is 29.6 Å². The summed E-state index contributed by atoms with van der Waals surface area (Å²) >= 11 is 0. The molecule has 0 spiro atoms. The second kappa shape index (κ2) is 5.31.